The molecule has 244 valence electrons. The minimum atomic E-state index is -1.12. The van der Waals surface area contributed by atoms with Gasteiger partial charge in [-0.25, -0.2) is 14.8 Å². The Hall–Kier alpha value is -4.45. The molecule has 4 aromatic rings. The number of hydrogen-bond acceptors (Lipinski definition) is 14. The predicted molar refractivity (Wildman–Crippen MR) is 182 cm³/mol. The van der Waals surface area contributed by atoms with Crippen molar-refractivity contribution in [2.75, 3.05) is 19.5 Å². The summed E-state index contributed by atoms with van der Waals surface area (Å²) in [6.07, 6.45) is 0.461. The van der Waals surface area contributed by atoms with Gasteiger partial charge in [0.1, 0.15) is 36.6 Å². The molecule has 0 aliphatic carbocycles. The molecule has 3 amide bonds. The van der Waals surface area contributed by atoms with Crippen molar-refractivity contribution < 1.29 is 33.5 Å². The molecular formula is C30H28N6O7S4. The van der Waals surface area contributed by atoms with E-state index in [1.807, 2.05) is 24.3 Å². The summed E-state index contributed by atoms with van der Waals surface area (Å²) in [4.78, 5) is 66.6. The lowest BCUT2D eigenvalue weighted by Gasteiger charge is -2.49. The number of esters is 1. The molecule has 3 heterocycles. The first-order valence-electron chi connectivity index (χ1n) is 13.8. The van der Waals surface area contributed by atoms with E-state index in [4.69, 9.17) is 14.3 Å². The van der Waals surface area contributed by atoms with Crippen LogP contribution >= 0.6 is 44.3 Å². The lowest BCUT2D eigenvalue weighted by Crippen LogP contribution is -2.73. The molecule has 0 radical (unpaired) electrons. The van der Waals surface area contributed by atoms with Crippen LogP contribution in [0.1, 0.15) is 18.2 Å². The molecule has 1 aliphatic rings. The number of amides is 3. The number of carbonyl (C=O) groups is 4. The molecule has 2 aromatic carbocycles. The molecule has 5 rings (SSSR count). The molecule has 2 N–H and O–H groups in total. The fourth-order valence-corrected chi connectivity index (χ4v) is 9.10. The molecule has 0 bridgehead atoms. The van der Waals surface area contributed by atoms with E-state index in [2.05, 4.69) is 32.3 Å². The number of nitrogens with one attached hydrogen (secondary N) is 2. The molecule has 1 saturated heterocycles. The molecule has 1 aliphatic heterocycles. The van der Waals surface area contributed by atoms with E-state index < -0.39 is 35.2 Å². The van der Waals surface area contributed by atoms with Gasteiger partial charge in [-0.15, -0.1) is 22.7 Å². The Bertz CT molecular complexity index is 1790. The summed E-state index contributed by atoms with van der Waals surface area (Å²) in [6.45, 7) is 5.58. The summed E-state index contributed by atoms with van der Waals surface area (Å²) in [7, 11) is 5.41. The van der Waals surface area contributed by atoms with Crippen molar-refractivity contribution in [3.05, 3.63) is 77.3 Å². The number of aromatic nitrogens is 2. The van der Waals surface area contributed by atoms with Gasteiger partial charge in [-0.2, -0.15) is 0 Å². The highest BCUT2D eigenvalue weighted by Crippen LogP contribution is 2.45. The SMILES string of the molecule is C=C(C)C(C(=O)OCc1ccc(OC)cc1)N1C(=O)C(NC(=O)C(=NOC)c2csc(NC=O)n2)C1SSc1nc2ccccc2s1. The number of nitrogens with zero attached hydrogens (tertiary/aromatic N) is 4. The number of para-hydroxylation sites is 1. The molecule has 1 fully saturated rings. The summed E-state index contributed by atoms with van der Waals surface area (Å²) in [5.74, 6) is -1.26. The van der Waals surface area contributed by atoms with E-state index in [1.165, 1.54) is 50.3 Å². The van der Waals surface area contributed by atoms with Crippen molar-refractivity contribution in [2.45, 2.75) is 35.3 Å². The Balaban J connectivity index is 1.37. The Morgan fingerprint density at radius 2 is 1.94 bits per heavy atom. The third kappa shape index (κ3) is 7.75. The molecule has 2 aromatic heterocycles. The quantitative estimate of drug-likeness (QED) is 0.0341. The van der Waals surface area contributed by atoms with Crippen molar-refractivity contribution in [1.29, 1.82) is 0 Å². The third-order valence-electron chi connectivity index (χ3n) is 6.69. The maximum Gasteiger partial charge on any atom is 0.333 e. The zero-order valence-electron chi connectivity index (χ0n) is 25.2. The monoisotopic (exact) mass is 712 g/mol. The van der Waals surface area contributed by atoms with Gasteiger partial charge in [-0.05, 0) is 53.1 Å². The number of rotatable bonds is 15. The maximum absolute atomic E-state index is 13.7. The average Bonchev–Trinajstić information content (AvgIpc) is 3.71. The maximum atomic E-state index is 13.7. The topological polar surface area (TPSA) is 161 Å². The van der Waals surface area contributed by atoms with E-state index in [1.54, 1.807) is 38.3 Å². The van der Waals surface area contributed by atoms with E-state index in [0.717, 1.165) is 31.5 Å². The van der Waals surface area contributed by atoms with Crippen molar-refractivity contribution in [3.63, 3.8) is 0 Å². The van der Waals surface area contributed by atoms with Crippen LogP contribution < -0.4 is 15.4 Å². The number of methoxy groups -OCH3 is 1. The molecule has 0 saturated carbocycles. The lowest BCUT2D eigenvalue weighted by molar-refractivity contribution is -0.163. The lowest BCUT2D eigenvalue weighted by atomic mass is 9.99. The Morgan fingerprint density at radius 1 is 1.17 bits per heavy atom. The zero-order chi connectivity index (χ0) is 33.5. The molecule has 13 nitrogen and oxygen atoms in total. The van der Waals surface area contributed by atoms with Crippen LogP contribution in [-0.4, -0.2) is 76.5 Å². The van der Waals surface area contributed by atoms with Crippen LogP contribution in [-0.2, 0) is 35.4 Å². The largest absolute Gasteiger partial charge is 0.497 e. The van der Waals surface area contributed by atoms with Gasteiger partial charge >= 0.3 is 5.97 Å². The fourth-order valence-electron chi connectivity index (χ4n) is 4.48. The molecular weight excluding hydrogens is 685 g/mol. The number of thiazole rings is 2. The van der Waals surface area contributed by atoms with Gasteiger partial charge in [0.05, 0.1) is 17.3 Å². The Labute approximate surface area is 285 Å². The minimum Gasteiger partial charge on any atom is -0.497 e. The van der Waals surface area contributed by atoms with Crippen LogP contribution in [0.15, 0.2) is 75.6 Å². The van der Waals surface area contributed by atoms with Gasteiger partial charge in [0.2, 0.25) is 12.3 Å². The van der Waals surface area contributed by atoms with Crippen LogP contribution in [0.2, 0.25) is 0 Å². The van der Waals surface area contributed by atoms with Crippen molar-refractivity contribution >= 4 is 89.5 Å². The second kappa shape index (κ2) is 15.4. The van der Waals surface area contributed by atoms with Gasteiger partial charge in [0.25, 0.3) is 5.91 Å². The van der Waals surface area contributed by atoms with Gasteiger partial charge < -0.3 is 29.8 Å². The van der Waals surface area contributed by atoms with E-state index >= 15 is 0 Å². The average molecular weight is 713 g/mol. The van der Waals surface area contributed by atoms with Gasteiger partial charge in [0, 0.05) is 5.38 Å². The van der Waals surface area contributed by atoms with Crippen LogP contribution in [0.4, 0.5) is 5.13 Å². The predicted octanol–water partition coefficient (Wildman–Crippen LogP) is 4.46. The summed E-state index contributed by atoms with van der Waals surface area (Å²) in [5.41, 5.74) is 1.89. The molecule has 3 unspecified atom stereocenters. The third-order valence-corrected chi connectivity index (χ3v) is 11.5. The van der Waals surface area contributed by atoms with Crippen LogP contribution in [0, 0.1) is 0 Å². The number of carbonyl (C=O) groups excluding carboxylic acids is 4. The number of likely N-dealkylation sites (tertiary alicyclic amines) is 1. The number of fused-ring (bicyclic) bond motifs is 1. The summed E-state index contributed by atoms with van der Waals surface area (Å²) < 4.78 is 12.5. The number of β-lactam (4-membered cyclic amide) rings is 1. The van der Waals surface area contributed by atoms with Crippen LogP contribution in [0.5, 0.6) is 5.75 Å². The first kappa shape index (κ1) is 33.9. The zero-order valence-corrected chi connectivity index (χ0v) is 28.5. The molecule has 17 heteroatoms. The van der Waals surface area contributed by atoms with Crippen molar-refractivity contribution in [2.24, 2.45) is 5.16 Å². The molecule has 3 atom stereocenters. The van der Waals surface area contributed by atoms with Gasteiger partial charge in [-0.1, -0.05) is 46.8 Å². The smallest absolute Gasteiger partial charge is 0.333 e. The number of hydrogen-bond donors (Lipinski definition) is 2. The highest BCUT2D eigenvalue weighted by molar-refractivity contribution is 8.77. The van der Waals surface area contributed by atoms with Crippen molar-refractivity contribution in [1.82, 2.24) is 20.2 Å². The van der Waals surface area contributed by atoms with E-state index in [0.29, 0.717) is 17.7 Å². The summed E-state index contributed by atoms with van der Waals surface area (Å²) in [6, 6.07) is 12.6. The molecule has 47 heavy (non-hydrogen) atoms. The standard InChI is InChI=1S/C30H28N6O7S4/c1-16(2)24(28(40)43-13-17-9-11-18(41-3)12-10-17)36-26(39)23(27(36)46-47-30-33-19-7-5-6-8-21(19)45-30)34-25(38)22(35-42-4)20-14-44-29(32-20)31-15-37/h5-12,14-15,23-24,27H,1,13H2,2-4H3,(H,34,38)(H,31,32,37). The van der Waals surface area contributed by atoms with Gasteiger partial charge in [0.15, 0.2) is 21.2 Å². The number of ether oxygens (including phenoxy) is 2. The second-order valence-electron chi connectivity index (χ2n) is 9.84. The normalized spacial score (nSPS) is 16.6. The fraction of sp³-hybridized carbons (Fsp3) is 0.233. The number of benzene rings is 2. The molecule has 0 spiro atoms. The number of anilines is 1. The highest BCUT2D eigenvalue weighted by Gasteiger charge is 2.54. The van der Waals surface area contributed by atoms with E-state index in [-0.39, 0.29) is 23.1 Å². The van der Waals surface area contributed by atoms with Crippen molar-refractivity contribution in [3.8, 4) is 5.75 Å². The first-order chi connectivity index (χ1) is 22.7. The van der Waals surface area contributed by atoms with E-state index in [9.17, 15) is 19.2 Å². The minimum absolute atomic E-state index is 0.0293. The number of oxime groups is 1. The van der Waals surface area contributed by atoms with Gasteiger partial charge in [-0.3, -0.25) is 14.4 Å². The first-order valence-corrected chi connectivity index (χ1v) is 17.7. The summed E-state index contributed by atoms with van der Waals surface area (Å²) in [5, 5.41) is 9.99. The van der Waals surface area contributed by atoms with Crippen LogP contribution in [0.3, 0.4) is 0 Å². The van der Waals surface area contributed by atoms with Crippen LogP contribution in [0.25, 0.3) is 10.2 Å². The highest BCUT2D eigenvalue weighted by atomic mass is 33.1. The Morgan fingerprint density at radius 3 is 2.62 bits per heavy atom. The second-order valence-corrected chi connectivity index (χ2v) is 14.3. The summed E-state index contributed by atoms with van der Waals surface area (Å²) >= 11 is 2.57. The Kier molecular flexibility index (Phi) is 11.1.